The quantitative estimate of drug-likeness (QED) is 0.385. The van der Waals surface area contributed by atoms with Gasteiger partial charge in [0.2, 0.25) is 0 Å². The number of nitro benzene ring substituents is 1. The number of rotatable bonds is 5. The summed E-state index contributed by atoms with van der Waals surface area (Å²) in [5, 5.41) is 27.3. The number of hydrogen-bond acceptors (Lipinski definition) is 6. The molecule has 0 spiro atoms. The molecule has 0 aromatic heterocycles. The van der Waals surface area contributed by atoms with Crippen molar-refractivity contribution in [3.63, 3.8) is 0 Å². The van der Waals surface area contributed by atoms with E-state index in [0.717, 1.165) is 0 Å². The number of nitro groups is 1. The molecule has 0 bridgehead atoms. The van der Waals surface area contributed by atoms with E-state index in [1.165, 1.54) is 31.2 Å². The van der Waals surface area contributed by atoms with Crippen LogP contribution in [-0.4, -0.2) is 21.7 Å². The van der Waals surface area contributed by atoms with Gasteiger partial charge in [-0.05, 0) is 43.3 Å². The molecule has 0 radical (unpaired) electrons. The summed E-state index contributed by atoms with van der Waals surface area (Å²) in [5.41, 5.74) is 1.51. The van der Waals surface area contributed by atoms with Gasteiger partial charge in [-0.3, -0.25) is 10.1 Å². The second kappa shape index (κ2) is 7.03. The van der Waals surface area contributed by atoms with Gasteiger partial charge in [-0.15, -0.1) is 0 Å². The molecule has 2 rings (SSSR count). The number of benzene rings is 2. The highest BCUT2D eigenvalue weighted by atomic mass is 16.6. The van der Waals surface area contributed by atoms with Crippen LogP contribution in [0.15, 0.2) is 63.8 Å². The maximum absolute atomic E-state index is 10.7. The van der Waals surface area contributed by atoms with Crippen molar-refractivity contribution < 1.29 is 14.8 Å². The van der Waals surface area contributed by atoms with Gasteiger partial charge in [-0.2, -0.15) is 10.2 Å². The zero-order valence-electron chi connectivity index (χ0n) is 12.1. The predicted molar refractivity (Wildman–Crippen MR) is 84.1 cm³/mol. The van der Waals surface area contributed by atoms with Crippen LogP contribution in [0.5, 0.6) is 0 Å². The molecule has 0 aliphatic carbocycles. The van der Waals surface area contributed by atoms with E-state index >= 15 is 0 Å². The highest BCUT2D eigenvalue weighted by Crippen LogP contribution is 2.23. The van der Waals surface area contributed by atoms with Crippen molar-refractivity contribution in [2.75, 3.05) is 0 Å². The third-order valence-corrected chi connectivity index (χ3v) is 2.80. The Morgan fingerprint density at radius 2 is 1.39 bits per heavy atom. The second-order valence-electron chi connectivity index (χ2n) is 4.49. The van der Waals surface area contributed by atoms with E-state index in [9.17, 15) is 14.9 Å². The van der Waals surface area contributed by atoms with Crippen LogP contribution in [0, 0.1) is 10.1 Å². The summed E-state index contributed by atoms with van der Waals surface area (Å²) in [6.07, 6.45) is 0. The molecule has 2 aromatic rings. The molecule has 0 saturated heterocycles. The smallest absolute Gasteiger partial charge is 0.349 e. The first-order valence-electron chi connectivity index (χ1n) is 6.50. The molecule has 0 amide bonds. The molecule has 0 aliphatic heterocycles. The first-order chi connectivity index (χ1) is 11.0. The van der Waals surface area contributed by atoms with Crippen LogP contribution in [0.2, 0.25) is 0 Å². The monoisotopic (exact) mass is 312 g/mol. The summed E-state index contributed by atoms with van der Waals surface area (Å²) in [6, 6.07) is 12.2. The van der Waals surface area contributed by atoms with Crippen molar-refractivity contribution in [1.29, 1.82) is 0 Å². The fourth-order valence-electron chi connectivity index (χ4n) is 1.59. The van der Waals surface area contributed by atoms with Crippen LogP contribution < -0.4 is 0 Å². The molecule has 8 nitrogen and oxygen atoms in total. The molecule has 0 unspecified atom stereocenters. The molecule has 0 heterocycles. The van der Waals surface area contributed by atoms with Crippen molar-refractivity contribution in [1.82, 2.24) is 0 Å². The second-order valence-corrected chi connectivity index (χ2v) is 4.49. The van der Waals surface area contributed by atoms with Crippen molar-refractivity contribution >= 4 is 34.4 Å². The largest absolute Gasteiger partial charge is 0.477 e. The fourth-order valence-corrected chi connectivity index (χ4v) is 1.59. The van der Waals surface area contributed by atoms with Gasteiger partial charge in [0.25, 0.3) is 5.69 Å². The minimum Gasteiger partial charge on any atom is -0.477 e. The lowest BCUT2D eigenvalue weighted by atomic mass is 10.3. The number of carboxylic acid groups (broad SMARTS) is 1. The zero-order valence-corrected chi connectivity index (χ0v) is 12.1. The lowest BCUT2D eigenvalue weighted by Crippen LogP contribution is -2.06. The van der Waals surface area contributed by atoms with Gasteiger partial charge < -0.3 is 5.11 Å². The Labute approximate surface area is 131 Å². The standard InChI is InChI=1S/C15H12N4O4/c1-10(15(20)21)16-11-2-4-12(5-3-11)17-18-13-6-8-14(9-7-13)19(22)23/h2-9H,1H3,(H,20,21). The van der Waals surface area contributed by atoms with Crippen LogP contribution >= 0.6 is 0 Å². The molecule has 1 N–H and O–H groups in total. The van der Waals surface area contributed by atoms with Gasteiger partial charge in [0.05, 0.1) is 22.0 Å². The van der Waals surface area contributed by atoms with Crippen LogP contribution in [0.25, 0.3) is 0 Å². The van der Waals surface area contributed by atoms with Crippen molar-refractivity contribution in [2.45, 2.75) is 6.92 Å². The number of non-ortho nitro benzene ring substituents is 1. The van der Waals surface area contributed by atoms with E-state index in [1.807, 2.05) is 0 Å². The third kappa shape index (κ3) is 4.53. The number of azo groups is 1. The molecule has 2 aromatic carbocycles. The van der Waals surface area contributed by atoms with Gasteiger partial charge in [-0.1, -0.05) is 0 Å². The number of hydrogen-bond donors (Lipinski definition) is 1. The van der Waals surface area contributed by atoms with Crippen LogP contribution in [0.1, 0.15) is 6.92 Å². The molecule has 0 atom stereocenters. The first kappa shape index (κ1) is 16.0. The molecular weight excluding hydrogens is 300 g/mol. The molecule has 0 aliphatic rings. The third-order valence-electron chi connectivity index (χ3n) is 2.80. The van der Waals surface area contributed by atoms with E-state index in [4.69, 9.17) is 5.11 Å². The minimum absolute atomic E-state index is 0.00902. The van der Waals surface area contributed by atoms with Crippen molar-refractivity contribution in [3.05, 3.63) is 58.6 Å². The molecule has 23 heavy (non-hydrogen) atoms. The van der Waals surface area contributed by atoms with E-state index in [2.05, 4.69) is 15.2 Å². The minimum atomic E-state index is -1.08. The normalized spacial score (nSPS) is 11.6. The summed E-state index contributed by atoms with van der Waals surface area (Å²) in [7, 11) is 0. The van der Waals surface area contributed by atoms with E-state index in [-0.39, 0.29) is 11.4 Å². The number of nitrogens with zero attached hydrogens (tertiary/aromatic N) is 4. The topological polar surface area (TPSA) is 118 Å². The maximum Gasteiger partial charge on any atom is 0.349 e. The lowest BCUT2D eigenvalue weighted by Gasteiger charge is -1.97. The average Bonchev–Trinajstić information content (AvgIpc) is 2.54. The lowest BCUT2D eigenvalue weighted by molar-refractivity contribution is -0.384. The zero-order chi connectivity index (χ0) is 16.8. The SMILES string of the molecule is CC(=Nc1ccc(N=Nc2ccc([N+](=O)[O-])cc2)cc1)C(=O)O. The highest BCUT2D eigenvalue weighted by Gasteiger charge is 2.03. The van der Waals surface area contributed by atoms with Gasteiger partial charge in [0.1, 0.15) is 5.71 Å². The average molecular weight is 312 g/mol. The number of carboxylic acids is 1. The number of carbonyl (C=O) groups is 1. The summed E-state index contributed by atoms with van der Waals surface area (Å²) in [6.45, 7) is 1.41. The highest BCUT2D eigenvalue weighted by molar-refractivity contribution is 6.35. The summed E-state index contributed by atoms with van der Waals surface area (Å²) in [4.78, 5) is 24.7. The molecule has 116 valence electrons. The Balaban J connectivity index is 2.10. The Morgan fingerprint density at radius 3 is 1.83 bits per heavy atom. The first-order valence-corrected chi connectivity index (χ1v) is 6.50. The van der Waals surface area contributed by atoms with Crippen molar-refractivity contribution in [3.8, 4) is 0 Å². The maximum atomic E-state index is 10.7. The molecule has 0 saturated carbocycles. The summed E-state index contributed by atoms with van der Waals surface area (Å²) < 4.78 is 0. The molecule has 8 heteroatoms. The van der Waals surface area contributed by atoms with Gasteiger partial charge >= 0.3 is 5.97 Å². The summed E-state index contributed by atoms with van der Waals surface area (Å²) in [5.74, 6) is -1.08. The van der Waals surface area contributed by atoms with E-state index < -0.39 is 10.9 Å². The van der Waals surface area contributed by atoms with Crippen LogP contribution in [0.4, 0.5) is 22.7 Å². The summed E-state index contributed by atoms with van der Waals surface area (Å²) >= 11 is 0. The van der Waals surface area contributed by atoms with Crippen LogP contribution in [0.3, 0.4) is 0 Å². The Bertz CT molecular complexity index is 780. The van der Waals surface area contributed by atoms with Gasteiger partial charge in [-0.25, -0.2) is 9.79 Å². The van der Waals surface area contributed by atoms with Gasteiger partial charge in [0, 0.05) is 12.1 Å². The van der Waals surface area contributed by atoms with E-state index in [1.54, 1.807) is 24.3 Å². The van der Waals surface area contributed by atoms with Crippen molar-refractivity contribution in [2.24, 2.45) is 15.2 Å². The predicted octanol–water partition coefficient (Wildman–Crippen LogP) is 4.19. The fraction of sp³-hybridized carbons (Fsp3) is 0.0667. The molecule has 0 fully saturated rings. The number of aliphatic imine (C=N–C) groups is 1. The molecular formula is C15H12N4O4. The van der Waals surface area contributed by atoms with Gasteiger partial charge in [0.15, 0.2) is 0 Å². The van der Waals surface area contributed by atoms with Crippen LogP contribution in [-0.2, 0) is 4.79 Å². The van der Waals surface area contributed by atoms with E-state index in [0.29, 0.717) is 17.1 Å². The Morgan fingerprint density at radius 1 is 0.957 bits per heavy atom. The Hall–Kier alpha value is -3.42. The Kier molecular flexibility index (Phi) is 4.88. The number of aliphatic carboxylic acids is 1.